The third kappa shape index (κ3) is 3.23. The topological polar surface area (TPSA) is 48.3 Å². The van der Waals surface area contributed by atoms with Crippen LogP contribution in [0, 0.1) is 0 Å². The number of aromatic nitrogens is 2. The Morgan fingerprint density at radius 3 is 2.42 bits per heavy atom. The second kappa shape index (κ2) is 6.97. The molecule has 0 atom stereocenters. The highest BCUT2D eigenvalue weighted by Gasteiger charge is 2.10. The van der Waals surface area contributed by atoms with Gasteiger partial charge in [-0.05, 0) is 40.2 Å². The maximum absolute atomic E-state index is 5.35. The zero-order valence-corrected chi connectivity index (χ0v) is 15.3. The Morgan fingerprint density at radius 2 is 1.75 bits per heavy atom. The summed E-state index contributed by atoms with van der Waals surface area (Å²) >= 11 is 3.55. The fourth-order valence-corrected chi connectivity index (χ4v) is 3.14. The summed E-state index contributed by atoms with van der Waals surface area (Å²) in [4.78, 5) is 0. The van der Waals surface area contributed by atoms with Crippen LogP contribution >= 0.6 is 15.9 Å². The Bertz CT molecular complexity index is 842. The molecular weight excluding hydrogens is 370 g/mol. The number of aryl methyl sites for hydroxylation is 1. The van der Waals surface area contributed by atoms with Gasteiger partial charge in [0, 0.05) is 30.1 Å². The molecule has 0 saturated heterocycles. The molecule has 3 rings (SSSR count). The molecule has 0 fully saturated rings. The molecular formula is C18H18BrN3O2. The zero-order chi connectivity index (χ0) is 17.1. The van der Waals surface area contributed by atoms with Crippen molar-refractivity contribution in [2.45, 2.75) is 0 Å². The predicted octanol–water partition coefficient (Wildman–Crippen LogP) is 4.61. The molecule has 1 heterocycles. The average molecular weight is 388 g/mol. The van der Waals surface area contributed by atoms with Crippen LogP contribution in [0.3, 0.4) is 0 Å². The van der Waals surface area contributed by atoms with Gasteiger partial charge in [-0.25, -0.2) is 0 Å². The van der Waals surface area contributed by atoms with E-state index in [9.17, 15) is 0 Å². The number of benzene rings is 2. The van der Waals surface area contributed by atoms with Crippen molar-refractivity contribution in [3.63, 3.8) is 0 Å². The van der Waals surface area contributed by atoms with Crippen LogP contribution in [-0.2, 0) is 7.05 Å². The van der Waals surface area contributed by atoms with E-state index in [4.69, 9.17) is 9.47 Å². The van der Waals surface area contributed by atoms with Crippen LogP contribution < -0.4 is 14.8 Å². The van der Waals surface area contributed by atoms with E-state index in [1.54, 1.807) is 20.4 Å². The summed E-state index contributed by atoms with van der Waals surface area (Å²) in [6, 6.07) is 13.9. The Morgan fingerprint density at radius 1 is 1.00 bits per heavy atom. The smallest absolute Gasteiger partial charge is 0.162 e. The van der Waals surface area contributed by atoms with Crippen molar-refractivity contribution in [1.82, 2.24) is 9.78 Å². The average Bonchev–Trinajstić information content (AvgIpc) is 2.93. The van der Waals surface area contributed by atoms with Gasteiger partial charge in [0.05, 0.1) is 30.6 Å². The molecule has 124 valence electrons. The second-order valence-corrected chi connectivity index (χ2v) is 6.09. The summed E-state index contributed by atoms with van der Waals surface area (Å²) < 4.78 is 13.4. The number of ether oxygens (including phenoxy) is 2. The molecule has 0 radical (unpaired) electrons. The molecule has 0 unspecified atom stereocenters. The lowest BCUT2D eigenvalue weighted by molar-refractivity contribution is 0.355. The van der Waals surface area contributed by atoms with Crippen molar-refractivity contribution in [3.8, 4) is 22.8 Å². The van der Waals surface area contributed by atoms with Gasteiger partial charge in [-0.3, -0.25) is 4.68 Å². The summed E-state index contributed by atoms with van der Waals surface area (Å²) in [7, 11) is 5.18. The fraction of sp³-hybridized carbons (Fsp3) is 0.167. The molecule has 2 aromatic carbocycles. The lowest BCUT2D eigenvalue weighted by Crippen LogP contribution is -1.96. The van der Waals surface area contributed by atoms with Crippen LogP contribution in [0.1, 0.15) is 0 Å². The maximum atomic E-state index is 5.35. The van der Waals surface area contributed by atoms with Gasteiger partial charge in [-0.2, -0.15) is 5.10 Å². The molecule has 0 aliphatic rings. The minimum Gasteiger partial charge on any atom is -0.493 e. The van der Waals surface area contributed by atoms with E-state index in [1.807, 2.05) is 42.1 Å². The van der Waals surface area contributed by atoms with Crippen LogP contribution in [0.2, 0.25) is 0 Å². The van der Waals surface area contributed by atoms with Gasteiger partial charge >= 0.3 is 0 Å². The van der Waals surface area contributed by atoms with E-state index >= 15 is 0 Å². The summed E-state index contributed by atoms with van der Waals surface area (Å²) in [5, 5.41) is 7.66. The number of halogens is 1. The van der Waals surface area contributed by atoms with E-state index in [0.29, 0.717) is 11.5 Å². The van der Waals surface area contributed by atoms with Crippen molar-refractivity contribution < 1.29 is 9.47 Å². The Labute approximate surface area is 149 Å². The third-order valence-electron chi connectivity index (χ3n) is 3.70. The molecule has 3 aromatic rings. The van der Waals surface area contributed by atoms with Crippen LogP contribution in [0.25, 0.3) is 11.3 Å². The Hall–Kier alpha value is -2.47. The molecule has 0 aliphatic carbocycles. The van der Waals surface area contributed by atoms with E-state index in [0.717, 1.165) is 27.1 Å². The monoisotopic (exact) mass is 387 g/mol. The van der Waals surface area contributed by atoms with Crippen LogP contribution in [0.15, 0.2) is 53.1 Å². The molecule has 0 amide bonds. The SMILES string of the molecule is COc1ccc(Nc2cccc(-c3c(Br)cnn3C)c2)cc1OC. The van der Waals surface area contributed by atoms with Crippen molar-refractivity contribution in [2.75, 3.05) is 19.5 Å². The first-order chi connectivity index (χ1) is 11.6. The number of nitrogens with zero attached hydrogens (tertiary/aromatic N) is 2. The summed E-state index contributed by atoms with van der Waals surface area (Å²) in [6.07, 6.45) is 1.80. The maximum Gasteiger partial charge on any atom is 0.162 e. The Balaban J connectivity index is 1.90. The van der Waals surface area contributed by atoms with E-state index < -0.39 is 0 Å². The predicted molar refractivity (Wildman–Crippen MR) is 99.2 cm³/mol. The molecule has 1 N–H and O–H groups in total. The minimum absolute atomic E-state index is 0.688. The number of nitrogens with one attached hydrogen (secondary N) is 1. The normalized spacial score (nSPS) is 10.5. The van der Waals surface area contributed by atoms with E-state index in [-0.39, 0.29) is 0 Å². The van der Waals surface area contributed by atoms with Gasteiger partial charge in [0.1, 0.15) is 0 Å². The number of methoxy groups -OCH3 is 2. The van der Waals surface area contributed by atoms with Crippen molar-refractivity contribution >= 4 is 27.3 Å². The molecule has 1 aromatic heterocycles. The summed E-state index contributed by atoms with van der Waals surface area (Å²) in [5.74, 6) is 1.39. The molecule has 0 saturated carbocycles. The number of anilines is 2. The number of rotatable bonds is 5. The molecule has 6 heteroatoms. The highest BCUT2D eigenvalue weighted by Crippen LogP contribution is 2.33. The quantitative estimate of drug-likeness (QED) is 0.694. The summed E-state index contributed by atoms with van der Waals surface area (Å²) in [5.41, 5.74) is 4.01. The van der Waals surface area contributed by atoms with Gasteiger partial charge in [-0.1, -0.05) is 12.1 Å². The summed E-state index contributed by atoms with van der Waals surface area (Å²) in [6.45, 7) is 0. The van der Waals surface area contributed by atoms with Crippen molar-refractivity contribution in [1.29, 1.82) is 0 Å². The zero-order valence-electron chi connectivity index (χ0n) is 13.7. The number of hydrogen-bond donors (Lipinski definition) is 1. The third-order valence-corrected chi connectivity index (χ3v) is 4.28. The minimum atomic E-state index is 0.688. The van der Waals surface area contributed by atoms with Crippen LogP contribution in [0.4, 0.5) is 11.4 Å². The van der Waals surface area contributed by atoms with Crippen LogP contribution in [0.5, 0.6) is 11.5 Å². The molecule has 0 aliphatic heterocycles. The highest BCUT2D eigenvalue weighted by atomic mass is 79.9. The Kier molecular flexibility index (Phi) is 4.76. The van der Waals surface area contributed by atoms with Crippen molar-refractivity contribution in [3.05, 3.63) is 53.1 Å². The van der Waals surface area contributed by atoms with Crippen molar-refractivity contribution in [2.24, 2.45) is 7.05 Å². The van der Waals surface area contributed by atoms with Gasteiger partial charge in [0.15, 0.2) is 11.5 Å². The van der Waals surface area contributed by atoms with E-state index in [1.165, 1.54) is 0 Å². The molecule has 5 nitrogen and oxygen atoms in total. The number of hydrogen-bond acceptors (Lipinski definition) is 4. The first-order valence-electron chi connectivity index (χ1n) is 7.39. The van der Waals surface area contributed by atoms with Gasteiger partial charge in [-0.15, -0.1) is 0 Å². The van der Waals surface area contributed by atoms with Gasteiger partial charge in [0.25, 0.3) is 0 Å². The van der Waals surface area contributed by atoms with Crippen LogP contribution in [-0.4, -0.2) is 24.0 Å². The lowest BCUT2D eigenvalue weighted by atomic mass is 10.1. The molecule has 0 bridgehead atoms. The molecule has 24 heavy (non-hydrogen) atoms. The van der Waals surface area contributed by atoms with E-state index in [2.05, 4.69) is 38.5 Å². The first-order valence-corrected chi connectivity index (χ1v) is 8.18. The largest absolute Gasteiger partial charge is 0.493 e. The lowest BCUT2D eigenvalue weighted by Gasteiger charge is -2.12. The molecule has 0 spiro atoms. The van der Waals surface area contributed by atoms with Gasteiger partial charge in [0.2, 0.25) is 0 Å². The second-order valence-electron chi connectivity index (χ2n) is 5.24. The standard InChI is InChI=1S/C18H18BrN3O2/c1-22-18(15(19)11-20-22)12-5-4-6-13(9-12)21-14-7-8-16(23-2)17(10-14)24-3/h4-11,21H,1-3H3. The van der Waals surface area contributed by atoms with Gasteiger partial charge < -0.3 is 14.8 Å². The fourth-order valence-electron chi connectivity index (χ4n) is 2.56. The first kappa shape index (κ1) is 16.4. The highest BCUT2D eigenvalue weighted by molar-refractivity contribution is 9.10.